The Bertz CT molecular complexity index is 438. The fourth-order valence-electron chi connectivity index (χ4n) is 1.46. The molecular weight excluding hydrogens is 249 g/mol. The van der Waals surface area contributed by atoms with Crippen molar-refractivity contribution >= 4 is 17.7 Å². The van der Waals surface area contributed by atoms with Crippen LogP contribution in [0.5, 0.6) is 0 Å². The fraction of sp³-hybridized carbons (Fsp3) is 0.357. The molecule has 2 atom stereocenters. The van der Waals surface area contributed by atoms with Gasteiger partial charge in [0.25, 0.3) is 0 Å². The van der Waals surface area contributed by atoms with Gasteiger partial charge in [-0.25, -0.2) is 4.39 Å². The van der Waals surface area contributed by atoms with E-state index in [0.29, 0.717) is 0 Å². The van der Waals surface area contributed by atoms with Crippen LogP contribution in [0.3, 0.4) is 0 Å². The number of hydrogen-bond donors (Lipinski definition) is 1. The molecule has 0 bridgehead atoms. The minimum absolute atomic E-state index is 0.0769. The first-order valence-corrected chi connectivity index (χ1v) is 6.61. The molecule has 1 aromatic carbocycles. The molecule has 0 aliphatic rings. The number of amides is 1. The third kappa shape index (κ3) is 4.42. The third-order valence-corrected chi connectivity index (χ3v) is 3.78. The summed E-state index contributed by atoms with van der Waals surface area (Å²) in [5, 5.41) is 2.57. The maximum atomic E-state index is 12.8. The lowest BCUT2D eigenvalue weighted by Crippen LogP contribution is -2.31. The molecular formula is C14H16FNOS. The lowest BCUT2D eigenvalue weighted by atomic mass is 10.2. The van der Waals surface area contributed by atoms with Gasteiger partial charge >= 0.3 is 0 Å². The smallest absolute Gasteiger partial charge is 0.233 e. The van der Waals surface area contributed by atoms with Gasteiger partial charge in [0.1, 0.15) is 5.82 Å². The van der Waals surface area contributed by atoms with E-state index in [0.717, 1.165) is 5.56 Å². The van der Waals surface area contributed by atoms with E-state index in [1.165, 1.54) is 23.9 Å². The van der Waals surface area contributed by atoms with Gasteiger partial charge in [0.15, 0.2) is 0 Å². The van der Waals surface area contributed by atoms with Gasteiger partial charge in [-0.2, -0.15) is 0 Å². The highest BCUT2D eigenvalue weighted by molar-refractivity contribution is 8.00. The largest absolute Gasteiger partial charge is 0.344 e. The summed E-state index contributed by atoms with van der Waals surface area (Å²) >= 11 is 1.51. The van der Waals surface area contributed by atoms with Gasteiger partial charge in [-0.3, -0.25) is 4.79 Å². The number of carbonyl (C=O) groups is 1. The van der Waals surface area contributed by atoms with Crippen LogP contribution in [0.15, 0.2) is 24.3 Å². The summed E-state index contributed by atoms with van der Waals surface area (Å²) in [7, 11) is 0. The Balaban J connectivity index is 2.54. The van der Waals surface area contributed by atoms with Crippen LogP contribution in [-0.2, 0) is 4.79 Å². The molecule has 1 aromatic rings. The second kappa shape index (κ2) is 7.07. The summed E-state index contributed by atoms with van der Waals surface area (Å²) < 4.78 is 12.8. The molecule has 18 heavy (non-hydrogen) atoms. The van der Waals surface area contributed by atoms with Crippen molar-refractivity contribution in [1.29, 1.82) is 0 Å². The van der Waals surface area contributed by atoms with E-state index >= 15 is 0 Å². The van der Waals surface area contributed by atoms with Crippen molar-refractivity contribution in [3.8, 4) is 12.3 Å². The van der Waals surface area contributed by atoms with Crippen LogP contribution in [0.4, 0.5) is 4.39 Å². The van der Waals surface area contributed by atoms with Crippen LogP contribution in [-0.4, -0.2) is 17.7 Å². The van der Waals surface area contributed by atoms with Crippen molar-refractivity contribution in [3.05, 3.63) is 35.6 Å². The van der Waals surface area contributed by atoms with Crippen molar-refractivity contribution in [2.75, 3.05) is 6.54 Å². The molecule has 0 aromatic heterocycles. The Morgan fingerprint density at radius 3 is 2.61 bits per heavy atom. The van der Waals surface area contributed by atoms with Crippen LogP contribution in [0, 0.1) is 18.2 Å². The first kappa shape index (κ1) is 14.6. The Labute approximate surface area is 111 Å². The Morgan fingerprint density at radius 2 is 2.06 bits per heavy atom. The van der Waals surface area contributed by atoms with Gasteiger partial charge in [-0.1, -0.05) is 18.1 Å². The summed E-state index contributed by atoms with van der Waals surface area (Å²) in [5.74, 6) is 2.03. The van der Waals surface area contributed by atoms with Crippen molar-refractivity contribution in [2.24, 2.45) is 0 Å². The summed E-state index contributed by atoms with van der Waals surface area (Å²) in [6.07, 6.45) is 5.08. The molecule has 1 rings (SSSR count). The number of nitrogens with one attached hydrogen (secondary N) is 1. The maximum Gasteiger partial charge on any atom is 0.233 e. The fourth-order valence-corrected chi connectivity index (χ4v) is 2.60. The number of carbonyl (C=O) groups excluding carboxylic acids is 1. The minimum Gasteiger partial charge on any atom is -0.344 e. The maximum absolute atomic E-state index is 12.8. The van der Waals surface area contributed by atoms with Gasteiger partial charge in [-0.05, 0) is 31.5 Å². The lowest BCUT2D eigenvalue weighted by molar-refractivity contribution is -0.120. The summed E-state index contributed by atoms with van der Waals surface area (Å²) in [4.78, 5) is 11.6. The normalized spacial score (nSPS) is 13.4. The Morgan fingerprint density at radius 1 is 1.44 bits per heavy atom. The van der Waals surface area contributed by atoms with E-state index in [1.807, 2.05) is 13.8 Å². The molecule has 96 valence electrons. The summed E-state index contributed by atoms with van der Waals surface area (Å²) in [6.45, 7) is 4.06. The second-order valence-electron chi connectivity index (χ2n) is 3.89. The van der Waals surface area contributed by atoms with Gasteiger partial charge in [-0.15, -0.1) is 18.2 Å². The molecule has 1 amide bonds. The van der Waals surface area contributed by atoms with Crippen molar-refractivity contribution in [3.63, 3.8) is 0 Å². The number of terminal acetylenes is 1. The quantitative estimate of drug-likeness (QED) is 0.829. The topological polar surface area (TPSA) is 29.1 Å². The molecule has 1 N–H and O–H groups in total. The van der Waals surface area contributed by atoms with E-state index in [2.05, 4.69) is 11.2 Å². The highest BCUT2D eigenvalue weighted by Gasteiger charge is 2.17. The van der Waals surface area contributed by atoms with Gasteiger partial charge in [0.05, 0.1) is 11.8 Å². The predicted molar refractivity (Wildman–Crippen MR) is 73.7 cm³/mol. The average Bonchev–Trinajstić information content (AvgIpc) is 2.36. The molecule has 0 saturated heterocycles. The zero-order valence-electron chi connectivity index (χ0n) is 10.4. The first-order valence-electron chi connectivity index (χ1n) is 5.66. The monoisotopic (exact) mass is 265 g/mol. The van der Waals surface area contributed by atoms with E-state index in [-0.39, 0.29) is 28.8 Å². The Hall–Kier alpha value is -1.47. The van der Waals surface area contributed by atoms with E-state index in [1.54, 1.807) is 12.1 Å². The van der Waals surface area contributed by atoms with Crippen molar-refractivity contribution < 1.29 is 9.18 Å². The number of hydrogen-bond acceptors (Lipinski definition) is 2. The molecule has 0 aliphatic carbocycles. The van der Waals surface area contributed by atoms with Crippen molar-refractivity contribution in [1.82, 2.24) is 5.32 Å². The minimum atomic E-state index is -0.254. The molecule has 0 aliphatic heterocycles. The number of halogens is 1. The van der Waals surface area contributed by atoms with Gasteiger partial charge in [0, 0.05) is 5.25 Å². The molecule has 2 nitrogen and oxygen atoms in total. The number of thioether (sulfide) groups is 1. The zero-order chi connectivity index (χ0) is 13.5. The van der Waals surface area contributed by atoms with E-state index < -0.39 is 0 Å². The van der Waals surface area contributed by atoms with Crippen LogP contribution in [0.25, 0.3) is 0 Å². The summed E-state index contributed by atoms with van der Waals surface area (Å²) in [5.41, 5.74) is 0.998. The van der Waals surface area contributed by atoms with Crippen LogP contribution < -0.4 is 5.32 Å². The second-order valence-corrected chi connectivity index (χ2v) is 5.58. The zero-order valence-corrected chi connectivity index (χ0v) is 11.3. The average molecular weight is 265 g/mol. The SMILES string of the molecule is C#CCNC(=O)[C@@H](C)S[C@@H](C)c1ccc(F)cc1. The van der Waals surface area contributed by atoms with Gasteiger partial charge in [0.2, 0.25) is 5.91 Å². The van der Waals surface area contributed by atoms with Crippen molar-refractivity contribution in [2.45, 2.75) is 24.3 Å². The van der Waals surface area contributed by atoms with E-state index in [9.17, 15) is 9.18 Å². The molecule has 0 fully saturated rings. The predicted octanol–water partition coefficient (Wildman–Crippen LogP) is 2.76. The van der Waals surface area contributed by atoms with Crippen LogP contribution in [0.2, 0.25) is 0 Å². The molecule has 0 saturated carbocycles. The standard InChI is InChI=1S/C14H16FNOS/c1-4-9-16-14(17)11(3)18-10(2)12-5-7-13(15)8-6-12/h1,5-8,10-11H,9H2,2-3H3,(H,16,17)/t10-,11+/m0/s1. The molecule has 0 radical (unpaired) electrons. The highest BCUT2D eigenvalue weighted by atomic mass is 32.2. The molecule has 0 spiro atoms. The Kier molecular flexibility index (Phi) is 5.73. The van der Waals surface area contributed by atoms with E-state index in [4.69, 9.17) is 6.42 Å². The third-order valence-electron chi connectivity index (χ3n) is 2.48. The number of rotatable bonds is 5. The molecule has 0 heterocycles. The highest BCUT2D eigenvalue weighted by Crippen LogP contribution is 2.31. The van der Waals surface area contributed by atoms with Gasteiger partial charge < -0.3 is 5.32 Å². The lowest BCUT2D eigenvalue weighted by Gasteiger charge is -2.16. The number of benzene rings is 1. The summed E-state index contributed by atoms with van der Waals surface area (Å²) in [6, 6.07) is 6.32. The van der Waals surface area contributed by atoms with Crippen LogP contribution in [0.1, 0.15) is 24.7 Å². The first-order chi connectivity index (χ1) is 8.54. The molecule has 4 heteroatoms. The molecule has 0 unspecified atom stereocenters. The van der Waals surface area contributed by atoms with Crippen LogP contribution >= 0.6 is 11.8 Å².